The van der Waals surface area contributed by atoms with Crippen molar-refractivity contribution in [2.24, 2.45) is 5.41 Å². The van der Waals surface area contributed by atoms with Crippen LogP contribution < -0.4 is 5.32 Å². The Morgan fingerprint density at radius 1 is 0.707 bits per heavy atom. The van der Waals surface area contributed by atoms with Gasteiger partial charge in [0.05, 0.1) is 6.04 Å². The molecule has 2 aromatic carbocycles. The number of para-hydroxylation sites is 1. The predicted molar refractivity (Wildman–Crippen MR) is 163 cm³/mol. The van der Waals surface area contributed by atoms with Gasteiger partial charge >= 0.3 is 0 Å². The van der Waals surface area contributed by atoms with Gasteiger partial charge < -0.3 is 20.2 Å². The molecule has 4 aliphatic rings. The van der Waals surface area contributed by atoms with Crippen LogP contribution in [-0.2, 0) is 11.2 Å². The second-order valence-corrected chi connectivity index (χ2v) is 13.2. The first-order valence-corrected chi connectivity index (χ1v) is 16.2. The molecule has 220 valence electrons. The molecule has 1 spiro atoms. The molecule has 2 aliphatic carbocycles. The maximum absolute atomic E-state index is 13.4. The van der Waals surface area contributed by atoms with Crippen molar-refractivity contribution in [3.05, 3.63) is 65.2 Å². The van der Waals surface area contributed by atoms with E-state index in [1.165, 1.54) is 87.4 Å². The fourth-order valence-corrected chi connectivity index (χ4v) is 7.56. The van der Waals surface area contributed by atoms with Gasteiger partial charge in [0, 0.05) is 37.4 Å². The number of benzene rings is 2. The molecular formula is C35H47N3O3. The van der Waals surface area contributed by atoms with Crippen LogP contribution in [0.4, 0.5) is 5.69 Å². The fourth-order valence-electron chi connectivity index (χ4n) is 7.56. The van der Waals surface area contributed by atoms with Crippen molar-refractivity contribution in [1.29, 1.82) is 0 Å². The van der Waals surface area contributed by atoms with Crippen molar-refractivity contribution in [3.8, 4) is 0 Å². The lowest BCUT2D eigenvalue weighted by Crippen LogP contribution is -2.53. The highest BCUT2D eigenvalue weighted by Crippen LogP contribution is 2.51. The summed E-state index contributed by atoms with van der Waals surface area (Å²) < 4.78 is 0. The van der Waals surface area contributed by atoms with Crippen LogP contribution in [0, 0.1) is 5.41 Å². The summed E-state index contributed by atoms with van der Waals surface area (Å²) in [6.07, 6.45) is 16.7. The SMILES string of the molecule is O=C(c1ccc(C2Nc3ccccc3CC23CCCCCCCCCCC3)cc1)N1CCN(C(=O)C2(O)CC2)CC1. The van der Waals surface area contributed by atoms with Crippen molar-refractivity contribution in [2.75, 3.05) is 31.5 Å². The standard InChI is InChI=1S/C35H47N3O3/c39-32(37-22-24-38(25-23-37)33(40)35(41)20-21-35)28-16-14-27(15-17-28)31-34(26-29-12-8-9-13-30(29)36-31)18-10-6-4-2-1-3-5-7-11-19-34/h8-9,12-17,31,36,41H,1-7,10-11,18-26H2. The average Bonchev–Trinajstić information content (AvgIpc) is 3.76. The summed E-state index contributed by atoms with van der Waals surface area (Å²) >= 11 is 0. The summed E-state index contributed by atoms with van der Waals surface area (Å²) in [5, 5.41) is 14.2. The molecule has 6 heteroatoms. The molecule has 1 saturated heterocycles. The Balaban J connectivity index is 1.18. The Hall–Kier alpha value is -2.86. The second kappa shape index (κ2) is 12.2. The van der Waals surface area contributed by atoms with E-state index in [9.17, 15) is 14.7 Å². The number of rotatable bonds is 3. The molecule has 3 fully saturated rings. The van der Waals surface area contributed by atoms with Crippen LogP contribution in [0.3, 0.4) is 0 Å². The number of piperazine rings is 1. The van der Waals surface area contributed by atoms with E-state index in [1.807, 2.05) is 17.0 Å². The van der Waals surface area contributed by atoms with E-state index >= 15 is 0 Å². The Bertz CT molecular complexity index is 1200. The number of fused-ring (bicyclic) bond motifs is 1. The van der Waals surface area contributed by atoms with Gasteiger partial charge in [-0.2, -0.15) is 0 Å². The Morgan fingerprint density at radius 2 is 1.27 bits per heavy atom. The van der Waals surface area contributed by atoms with Gasteiger partial charge in [0.2, 0.25) is 0 Å². The molecule has 2 aliphatic heterocycles. The summed E-state index contributed by atoms with van der Waals surface area (Å²) in [4.78, 5) is 29.5. The average molecular weight is 558 g/mol. The molecule has 2 aromatic rings. The molecule has 2 N–H and O–H groups in total. The molecule has 6 nitrogen and oxygen atoms in total. The number of carbonyl (C=O) groups is 2. The van der Waals surface area contributed by atoms with Gasteiger partial charge in [-0.1, -0.05) is 88.1 Å². The highest BCUT2D eigenvalue weighted by molar-refractivity contribution is 5.94. The third-order valence-corrected chi connectivity index (χ3v) is 10.3. The number of hydrogen-bond donors (Lipinski definition) is 2. The Labute approximate surface area is 245 Å². The second-order valence-electron chi connectivity index (χ2n) is 13.2. The van der Waals surface area contributed by atoms with Crippen molar-refractivity contribution in [3.63, 3.8) is 0 Å². The molecule has 0 aromatic heterocycles. The van der Waals surface area contributed by atoms with Crippen molar-refractivity contribution >= 4 is 17.5 Å². The van der Waals surface area contributed by atoms with E-state index < -0.39 is 5.60 Å². The van der Waals surface area contributed by atoms with Crippen LogP contribution >= 0.6 is 0 Å². The normalized spacial score (nSPS) is 24.4. The lowest BCUT2D eigenvalue weighted by molar-refractivity contribution is -0.143. The van der Waals surface area contributed by atoms with Crippen molar-refractivity contribution in [1.82, 2.24) is 9.80 Å². The van der Waals surface area contributed by atoms with E-state index in [0.29, 0.717) is 44.6 Å². The Kier molecular flexibility index (Phi) is 8.39. The molecule has 1 unspecified atom stereocenters. The van der Waals surface area contributed by atoms with Gasteiger partial charge in [-0.15, -0.1) is 0 Å². The first-order chi connectivity index (χ1) is 20.0. The molecule has 0 radical (unpaired) electrons. The number of nitrogens with zero attached hydrogens (tertiary/aromatic N) is 2. The van der Waals surface area contributed by atoms with E-state index in [2.05, 4.69) is 41.7 Å². The topological polar surface area (TPSA) is 72.9 Å². The molecule has 1 atom stereocenters. The summed E-state index contributed by atoms with van der Waals surface area (Å²) in [7, 11) is 0. The molecule has 6 rings (SSSR count). The third kappa shape index (κ3) is 6.18. The first-order valence-electron chi connectivity index (χ1n) is 16.2. The van der Waals surface area contributed by atoms with Crippen molar-refractivity contribution in [2.45, 2.75) is 102 Å². The minimum Gasteiger partial charge on any atom is -0.380 e. The molecule has 2 saturated carbocycles. The lowest BCUT2D eigenvalue weighted by Gasteiger charge is -2.47. The zero-order chi connectivity index (χ0) is 28.3. The van der Waals surface area contributed by atoms with Crippen LogP contribution in [0.2, 0.25) is 0 Å². The molecule has 41 heavy (non-hydrogen) atoms. The largest absolute Gasteiger partial charge is 0.380 e. The van der Waals surface area contributed by atoms with Gasteiger partial charge in [0.15, 0.2) is 0 Å². The fraction of sp³-hybridized carbons (Fsp3) is 0.600. The number of anilines is 1. The van der Waals surface area contributed by atoms with Gasteiger partial charge in [0.1, 0.15) is 5.60 Å². The molecule has 2 heterocycles. The van der Waals surface area contributed by atoms with Crippen LogP contribution in [0.1, 0.15) is 111 Å². The van der Waals surface area contributed by atoms with E-state index in [-0.39, 0.29) is 23.3 Å². The van der Waals surface area contributed by atoms with E-state index in [1.54, 1.807) is 4.90 Å². The lowest BCUT2D eigenvalue weighted by atomic mass is 9.64. The maximum Gasteiger partial charge on any atom is 0.254 e. The first kappa shape index (κ1) is 28.3. The van der Waals surface area contributed by atoms with E-state index in [0.717, 1.165) is 6.42 Å². The zero-order valence-electron chi connectivity index (χ0n) is 24.6. The van der Waals surface area contributed by atoms with Gasteiger partial charge in [-0.25, -0.2) is 0 Å². The summed E-state index contributed by atoms with van der Waals surface area (Å²) in [5.41, 5.74) is 3.70. The third-order valence-electron chi connectivity index (χ3n) is 10.3. The number of hydrogen-bond acceptors (Lipinski definition) is 4. The van der Waals surface area contributed by atoms with E-state index in [4.69, 9.17) is 0 Å². The summed E-state index contributed by atoms with van der Waals surface area (Å²) in [5.74, 6) is -0.146. The number of amides is 2. The van der Waals surface area contributed by atoms with Crippen LogP contribution in [0.15, 0.2) is 48.5 Å². The van der Waals surface area contributed by atoms with Crippen LogP contribution in [0.5, 0.6) is 0 Å². The summed E-state index contributed by atoms with van der Waals surface area (Å²) in [6.45, 7) is 1.98. The minimum atomic E-state index is -1.14. The zero-order valence-corrected chi connectivity index (χ0v) is 24.6. The Morgan fingerprint density at radius 3 is 1.88 bits per heavy atom. The van der Waals surface area contributed by atoms with Gasteiger partial charge in [0.25, 0.3) is 11.8 Å². The smallest absolute Gasteiger partial charge is 0.254 e. The molecule has 0 bridgehead atoms. The number of nitrogens with one attached hydrogen (secondary N) is 1. The highest BCUT2D eigenvalue weighted by atomic mass is 16.3. The highest BCUT2D eigenvalue weighted by Gasteiger charge is 2.50. The summed E-state index contributed by atoms with van der Waals surface area (Å²) in [6, 6.07) is 17.4. The quantitative estimate of drug-likeness (QED) is 0.452. The van der Waals surface area contributed by atoms with Gasteiger partial charge in [-0.3, -0.25) is 9.59 Å². The monoisotopic (exact) mass is 557 g/mol. The predicted octanol–water partition coefficient (Wildman–Crippen LogP) is 6.50. The number of aliphatic hydroxyl groups is 1. The minimum absolute atomic E-state index is 0.0245. The maximum atomic E-state index is 13.4. The number of carbonyl (C=O) groups excluding carboxylic acids is 2. The van der Waals surface area contributed by atoms with Crippen molar-refractivity contribution < 1.29 is 14.7 Å². The van der Waals surface area contributed by atoms with Crippen LogP contribution in [0.25, 0.3) is 0 Å². The molecular weight excluding hydrogens is 510 g/mol. The van der Waals surface area contributed by atoms with Crippen LogP contribution in [-0.4, -0.2) is 58.5 Å². The molecule has 2 amide bonds. The van der Waals surface area contributed by atoms with Gasteiger partial charge in [-0.05, 0) is 66.8 Å².